The molecule has 1 N–H and O–H groups in total. The summed E-state index contributed by atoms with van der Waals surface area (Å²) in [6.07, 6.45) is 1.45. The number of anilines is 1. The van der Waals surface area contributed by atoms with Crippen LogP contribution in [0.15, 0.2) is 48.5 Å². The molecule has 1 heterocycles. The second-order valence-corrected chi connectivity index (χ2v) is 5.41. The maximum Gasteiger partial charge on any atom is 0.253 e. The third-order valence-corrected chi connectivity index (χ3v) is 3.74. The van der Waals surface area contributed by atoms with Gasteiger partial charge in [-0.15, -0.1) is 0 Å². The van der Waals surface area contributed by atoms with Crippen LogP contribution in [0.25, 0.3) is 11.1 Å². The van der Waals surface area contributed by atoms with Crippen LogP contribution in [0.4, 0.5) is 5.69 Å². The molecule has 108 valence electrons. The van der Waals surface area contributed by atoms with Gasteiger partial charge in [-0.3, -0.25) is 4.79 Å². The topological polar surface area (TPSA) is 38.3 Å². The van der Waals surface area contributed by atoms with Crippen LogP contribution in [0.2, 0.25) is 0 Å². The Labute approximate surface area is 124 Å². The van der Waals surface area contributed by atoms with Crippen LogP contribution in [0.1, 0.15) is 18.4 Å². The predicted octanol–water partition coefficient (Wildman–Crippen LogP) is 3.78. The SMILES string of the molecule is Cc1ccc(NC(=O)C2CCCO2)c(-c2ccccc2)c1. The Morgan fingerprint density at radius 1 is 1.19 bits per heavy atom. The Bertz CT molecular complexity index is 631. The second-order valence-electron chi connectivity index (χ2n) is 5.41. The van der Waals surface area contributed by atoms with Gasteiger partial charge in [0, 0.05) is 17.9 Å². The second kappa shape index (κ2) is 6.10. The van der Waals surface area contributed by atoms with Crippen LogP contribution in [-0.4, -0.2) is 18.6 Å². The average Bonchev–Trinajstić information content (AvgIpc) is 3.04. The van der Waals surface area contributed by atoms with E-state index in [1.165, 1.54) is 5.56 Å². The molecule has 1 unspecified atom stereocenters. The summed E-state index contributed by atoms with van der Waals surface area (Å²) in [5.41, 5.74) is 4.15. The number of aryl methyl sites for hydroxylation is 1. The van der Waals surface area contributed by atoms with Crippen molar-refractivity contribution in [1.29, 1.82) is 0 Å². The lowest BCUT2D eigenvalue weighted by atomic mass is 10.0. The molecule has 0 aromatic heterocycles. The maximum absolute atomic E-state index is 12.2. The Morgan fingerprint density at radius 3 is 2.71 bits per heavy atom. The Morgan fingerprint density at radius 2 is 2.00 bits per heavy atom. The molecule has 1 saturated heterocycles. The minimum Gasteiger partial charge on any atom is -0.368 e. The Balaban J connectivity index is 1.89. The van der Waals surface area contributed by atoms with E-state index in [1.54, 1.807) is 0 Å². The third kappa shape index (κ3) is 3.14. The van der Waals surface area contributed by atoms with Gasteiger partial charge < -0.3 is 10.1 Å². The molecule has 0 bridgehead atoms. The van der Waals surface area contributed by atoms with Gasteiger partial charge in [-0.1, -0.05) is 42.0 Å². The van der Waals surface area contributed by atoms with Crippen molar-refractivity contribution in [2.75, 3.05) is 11.9 Å². The highest BCUT2D eigenvalue weighted by molar-refractivity contribution is 5.98. The zero-order valence-corrected chi connectivity index (χ0v) is 12.1. The van der Waals surface area contributed by atoms with Crippen LogP contribution in [0.5, 0.6) is 0 Å². The maximum atomic E-state index is 12.2. The van der Waals surface area contributed by atoms with Gasteiger partial charge in [0.1, 0.15) is 6.10 Å². The van der Waals surface area contributed by atoms with Gasteiger partial charge in [-0.05, 0) is 37.5 Å². The molecule has 3 heteroatoms. The zero-order chi connectivity index (χ0) is 14.7. The molecular weight excluding hydrogens is 262 g/mol. The van der Waals surface area contributed by atoms with Gasteiger partial charge in [-0.25, -0.2) is 0 Å². The Kier molecular flexibility index (Phi) is 4.02. The summed E-state index contributed by atoms with van der Waals surface area (Å²) in [5, 5.41) is 3.01. The number of ether oxygens (including phenoxy) is 1. The lowest BCUT2D eigenvalue weighted by molar-refractivity contribution is -0.124. The molecule has 0 radical (unpaired) electrons. The fourth-order valence-electron chi connectivity index (χ4n) is 2.62. The molecule has 1 amide bonds. The molecule has 0 aliphatic carbocycles. The standard InChI is InChI=1S/C18H19NO2/c1-13-9-10-16(19-18(20)17-8-5-11-21-17)15(12-13)14-6-3-2-4-7-14/h2-4,6-7,9-10,12,17H,5,8,11H2,1H3,(H,19,20). The number of carbonyl (C=O) groups excluding carboxylic acids is 1. The summed E-state index contributed by atoms with van der Waals surface area (Å²) in [5.74, 6) is -0.0477. The van der Waals surface area contributed by atoms with Crippen LogP contribution in [0.3, 0.4) is 0 Å². The molecule has 1 fully saturated rings. The van der Waals surface area contributed by atoms with Crippen molar-refractivity contribution < 1.29 is 9.53 Å². The first kappa shape index (κ1) is 13.8. The van der Waals surface area contributed by atoms with E-state index in [0.29, 0.717) is 6.61 Å². The van der Waals surface area contributed by atoms with Crippen molar-refractivity contribution >= 4 is 11.6 Å². The normalized spacial score (nSPS) is 17.7. The van der Waals surface area contributed by atoms with Crippen molar-refractivity contribution in [2.45, 2.75) is 25.9 Å². The van der Waals surface area contributed by atoms with Gasteiger partial charge in [0.15, 0.2) is 0 Å². The van der Waals surface area contributed by atoms with Crippen LogP contribution in [0, 0.1) is 6.92 Å². The lowest BCUT2D eigenvalue weighted by Gasteiger charge is -2.15. The minimum absolute atomic E-state index is 0.0477. The van der Waals surface area contributed by atoms with Gasteiger partial charge in [0.2, 0.25) is 0 Å². The molecule has 0 spiro atoms. The van der Waals surface area contributed by atoms with Crippen LogP contribution < -0.4 is 5.32 Å². The molecule has 0 saturated carbocycles. The third-order valence-electron chi connectivity index (χ3n) is 3.74. The molecule has 3 rings (SSSR count). The highest BCUT2D eigenvalue weighted by Gasteiger charge is 2.24. The van der Waals surface area contributed by atoms with E-state index < -0.39 is 0 Å². The quantitative estimate of drug-likeness (QED) is 0.929. The molecule has 1 aliphatic heterocycles. The highest BCUT2D eigenvalue weighted by Crippen LogP contribution is 2.29. The number of benzene rings is 2. The fourth-order valence-corrected chi connectivity index (χ4v) is 2.62. The van der Waals surface area contributed by atoms with Crippen LogP contribution >= 0.6 is 0 Å². The first-order valence-electron chi connectivity index (χ1n) is 7.32. The van der Waals surface area contributed by atoms with Gasteiger partial charge in [0.25, 0.3) is 5.91 Å². The van der Waals surface area contributed by atoms with Crippen molar-refractivity contribution in [3.05, 3.63) is 54.1 Å². The number of hydrogen-bond acceptors (Lipinski definition) is 2. The fraction of sp³-hybridized carbons (Fsp3) is 0.278. The number of amides is 1. The Hall–Kier alpha value is -2.13. The van der Waals surface area contributed by atoms with Crippen molar-refractivity contribution in [3.8, 4) is 11.1 Å². The molecule has 1 aliphatic rings. The number of nitrogens with one attached hydrogen (secondary N) is 1. The first-order valence-corrected chi connectivity index (χ1v) is 7.32. The molecule has 1 atom stereocenters. The van der Waals surface area contributed by atoms with E-state index in [0.717, 1.165) is 29.7 Å². The van der Waals surface area contributed by atoms with Crippen molar-refractivity contribution in [2.24, 2.45) is 0 Å². The van der Waals surface area contributed by atoms with Gasteiger partial charge in [-0.2, -0.15) is 0 Å². The van der Waals surface area contributed by atoms with E-state index in [4.69, 9.17) is 4.74 Å². The van der Waals surface area contributed by atoms with E-state index >= 15 is 0 Å². The summed E-state index contributed by atoms with van der Waals surface area (Å²) in [6, 6.07) is 16.2. The molecule has 21 heavy (non-hydrogen) atoms. The summed E-state index contributed by atoms with van der Waals surface area (Å²) >= 11 is 0. The summed E-state index contributed by atoms with van der Waals surface area (Å²) < 4.78 is 5.44. The molecular formula is C18H19NO2. The van der Waals surface area contributed by atoms with E-state index in [9.17, 15) is 4.79 Å². The number of rotatable bonds is 3. The van der Waals surface area contributed by atoms with E-state index in [-0.39, 0.29) is 12.0 Å². The number of hydrogen-bond donors (Lipinski definition) is 1. The average molecular weight is 281 g/mol. The first-order chi connectivity index (χ1) is 10.2. The van der Waals surface area contributed by atoms with Crippen LogP contribution in [-0.2, 0) is 9.53 Å². The van der Waals surface area contributed by atoms with E-state index in [2.05, 4.69) is 30.4 Å². The smallest absolute Gasteiger partial charge is 0.253 e. The lowest BCUT2D eigenvalue weighted by Crippen LogP contribution is -2.27. The van der Waals surface area contributed by atoms with Crippen molar-refractivity contribution in [3.63, 3.8) is 0 Å². The van der Waals surface area contributed by atoms with E-state index in [1.807, 2.05) is 30.3 Å². The van der Waals surface area contributed by atoms with Crippen molar-refractivity contribution in [1.82, 2.24) is 0 Å². The monoisotopic (exact) mass is 281 g/mol. The van der Waals surface area contributed by atoms with Gasteiger partial charge >= 0.3 is 0 Å². The zero-order valence-electron chi connectivity index (χ0n) is 12.1. The summed E-state index contributed by atoms with van der Waals surface area (Å²) in [6.45, 7) is 2.73. The number of carbonyl (C=O) groups is 1. The summed E-state index contributed by atoms with van der Waals surface area (Å²) in [4.78, 5) is 12.2. The van der Waals surface area contributed by atoms with Gasteiger partial charge in [0.05, 0.1) is 0 Å². The molecule has 2 aromatic carbocycles. The summed E-state index contributed by atoms with van der Waals surface area (Å²) in [7, 11) is 0. The highest BCUT2D eigenvalue weighted by atomic mass is 16.5. The molecule has 3 nitrogen and oxygen atoms in total. The largest absolute Gasteiger partial charge is 0.368 e. The molecule has 2 aromatic rings. The predicted molar refractivity (Wildman–Crippen MR) is 84.2 cm³/mol. The minimum atomic E-state index is -0.310.